The zero-order chi connectivity index (χ0) is 9.68. The van der Waals surface area contributed by atoms with Crippen LogP contribution >= 0.6 is 0 Å². The van der Waals surface area contributed by atoms with E-state index in [1.807, 2.05) is 0 Å². The normalized spacial score (nSPS) is 27.5. The minimum Gasteiger partial charge on any atom is -0.393 e. The quantitative estimate of drug-likeness (QED) is 0.554. The van der Waals surface area contributed by atoms with Crippen LogP contribution in [0.3, 0.4) is 0 Å². The zero-order valence-corrected chi connectivity index (χ0v) is 8.05. The molecule has 0 radical (unpaired) electrons. The average Bonchev–Trinajstić information content (AvgIpc) is 2.51. The fourth-order valence-electron chi connectivity index (χ4n) is 1.71. The molecule has 3 N–H and O–H groups in total. The molecule has 1 fully saturated rings. The van der Waals surface area contributed by atoms with Crippen molar-refractivity contribution >= 4 is 5.91 Å². The lowest BCUT2D eigenvalue weighted by atomic mass is 10.1. The number of carbonyl (C=O) groups is 1. The van der Waals surface area contributed by atoms with Gasteiger partial charge in [-0.3, -0.25) is 4.79 Å². The van der Waals surface area contributed by atoms with Crippen LogP contribution in [-0.4, -0.2) is 37.3 Å². The van der Waals surface area contributed by atoms with Crippen LogP contribution < -0.4 is 10.6 Å². The summed E-state index contributed by atoms with van der Waals surface area (Å²) >= 11 is 0. The van der Waals surface area contributed by atoms with E-state index in [4.69, 9.17) is 0 Å². The molecule has 4 nitrogen and oxygen atoms in total. The topological polar surface area (TPSA) is 61.4 Å². The molecular formula is C9H18N2O2. The number of hydrogen-bond donors (Lipinski definition) is 3. The number of likely N-dealkylation sites (N-methyl/N-ethyl adjacent to an activating group) is 1. The first-order valence-electron chi connectivity index (χ1n) is 4.81. The molecule has 2 unspecified atom stereocenters. The van der Waals surface area contributed by atoms with Gasteiger partial charge in [0, 0.05) is 7.05 Å². The van der Waals surface area contributed by atoms with Gasteiger partial charge in [0.1, 0.15) is 0 Å². The summed E-state index contributed by atoms with van der Waals surface area (Å²) in [6.07, 6.45) is 2.74. The van der Waals surface area contributed by atoms with E-state index in [1.165, 1.54) is 0 Å². The summed E-state index contributed by atoms with van der Waals surface area (Å²) in [4.78, 5) is 10.8. The molecule has 1 rings (SSSR count). The summed E-state index contributed by atoms with van der Waals surface area (Å²) in [5.74, 6) is 0.554. The lowest BCUT2D eigenvalue weighted by Gasteiger charge is -2.09. The summed E-state index contributed by atoms with van der Waals surface area (Å²) in [5.41, 5.74) is 0. The van der Waals surface area contributed by atoms with Gasteiger partial charge in [-0.2, -0.15) is 0 Å². The third-order valence-corrected chi connectivity index (χ3v) is 2.51. The summed E-state index contributed by atoms with van der Waals surface area (Å²) in [6, 6.07) is 0. The molecule has 13 heavy (non-hydrogen) atoms. The maximum Gasteiger partial charge on any atom is 0.233 e. The summed E-state index contributed by atoms with van der Waals surface area (Å²) in [6.45, 7) is 1.22. The summed E-state index contributed by atoms with van der Waals surface area (Å²) in [7, 11) is 1.63. The second-order valence-corrected chi connectivity index (χ2v) is 3.64. The molecule has 0 bridgehead atoms. The highest BCUT2D eigenvalue weighted by atomic mass is 16.3. The average molecular weight is 186 g/mol. The van der Waals surface area contributed by atoms with E-state index in [9.17, 15) is 9.90 Å². The van der Waals surface area contributed by atoms with Gasteiger partial charge in [0.2, 0.25) is 5.91 Å². The smallest absolute Gasteiger partial charge is 0.233 e. The van der Waals surface area contributed by atoms with E-state index in [0.29, 0.717) is 12.5 Å². The van der Waals surface area contributed by atoms with Crippen LogP contribution in [0.1, 0.15) is 19.3 Å². The second kappa shape index (κ2) is 5.19. The van der Waals surface area contributed by atoms with Crippen LogP contribution in [0, 0.1) is 5.92 Å². The number of hydrogen-bond acceptors (Lipinski definition) is 3. The van der Waals surface area contributed by atoms with Gasteiger partial charge in [-0.25, -0.2) is 0 Å². The van der Waals surface area contributed by atoms with Crippen molar-refractivity contribution in [3.8, 4) is 0 Å². The first kappa shape index (κ1) is 10.5. The second-order valence-electron chi connectivity index (χ2n) is 3.64. The Labute approximate surface area is 78.7 Å². The van der Waals surface area contributed by atoms with Gasteiger partial charge in [0.05, 0.1) is 12.6 Å². The van der Waals surface area contributed by atoms with Crippen molar-refractivity contribution in [1.29, 1.82) is 0 Å². The molecule has 1 aliphatic carbocycles. The molecule has 0 aromatic carbocycles. The molecule has 1 aliphatic rings. The molecule has 4 heteroatoms. The number of nitrogens with one attached hydrogen (secondary N) is 2. The van der Waals surface area contributed by atoms with Gasteiger partial charge >= 0.3 is 0 Å². The lowest BCUT2D eigenvalue weighted by Crippen LogP contribution is -2.33. The van der Waals surface area contributed by atoms with Crippen LogP contribution in [0.15, 0.2) is 0 Å². The highest BCUT2D eigenvalue weighted by Gasteiger charge is 2.22. The monoisotopic (exact) mass is 186 g/mol. The Morgan fingerprint density at radius 3 is 2.85 bits per heavy atom. The van der Waals surface area contributed by atoms with Crippen LogP contribution in [-0.2, 0) is 4.79 Å². The predicted octanol–water partition coefficient (Wildman–Crippen LogP) is -0.517. The molecule has 0 spiro atoms. The van der Waals surface area contributed by atoms with E-state index in [1.54, 1.807) is 7.05 Å². The van der Waals surface area contributed by atoms with E-state index >= 15 is 0 Å². The van der Waals surface area contributed by atoms with Gasteiger partial charge in [-0.1, -0.05) is 0 Å². The fraction of sp³-hybridized carbons (Fsp3) is 0.889. The Balaban J connectivity index is 2.03. The van der Waals surface area contributed by atoms with Crippen molar-refractivity contribution in [2.75, 3.05) is 20.1 Å². The van der Waals surface area contributed by atoms with E-state index in [-0.39, 0.29) is 12.0 Å². The number of aliphatic hydroxyl groups is 1. The number of aliphatic hydroxyl groups excluding tert-OH is 1. The minimum absolute atomic E-state index is 0.0125. The van der Waals surface area contributed by atoms with Crippen molar-refractivity contribution in [2.45, 2.75) is 25.4 Å². The van der Waals surface area contributed by atoms with Crippen molar-refractivity contribution in [3.05, 3.63) is 0 Å². The highest BCUT2D eigenvalue weighted by Crippen LogP contribution is 2.24. The minimum atomic E-state index is -0.119. The molecule has 76 valence electrons. The van der Waals surface area contributed by atoms with Crippen molar-refractivity contribution in [2.24, 2.45) is 5.92 Å². The molecule has 0 aromatic heterocycles. The molecule has 0 aliphatic heterocycles. The molecule has 2 atom stereocenters. The Kier molecular flexibility index (Phi) is 4.18. The SMILES string of the molecule is CNC(=O)CNCC1CCC(O)C1. The Hall–Kier alpha value is -0.610. The van der Waals surface area contributed by atoms with Gasteiger partial charge in [0.25, 0.3) is 0 Å². The van der Waals surface area contributed by atoms with Gasteiger partial charge in [-0.05, 0) is 31.7 Å². The van der Waals surface area contributed by atoms with Gasteiger partial charge in [0.15, 0.2) is 0 Å². The molecule has 0 heterocycles. The summed E-state index contributed by atoms with van der Waals surface area (Å²) in [5, 5.41) is 14.9. The molecule has 0 saturated heterocycles. The predicted molar refractivity (Wildman–Crippen MR) is 50.3 cm³/mol. The van der Waals surface area contributed by atoms with Gasteiger partial charge < -0.3 is 15.7 Å². The van der Waals surface area contributed by atoms with Crippen LogP contribution in [0.25, 0.3) is 0 Å². The third kappa shape index (κ3) is 3.74. The third-order valence-electron chi connectivity index (χ3n) is 2.51. The fourth-order valence-corrected chi connectivity index (χ4v) is 1.71. The molecule has 1 saturated carbocycles. The molecule has 0 aromatic rings. The maximum atomic E-state index is 10.8. The Bertz CT molecular complexity index is 173. The zero-order valence-electron chi connectivity index (χ0n) is 8.05. The molecule has 1 amide bonds. The molecular weight excluding hydrogens is 168 g/mol. The number of carbonyl (C=O) groups excluding carboxylic acids is 1. The number of amides is 1. The maximum absolute atomic E-state index is 10.8. The lowest BCUT2D eigenvalue weighted by molar-refractivity contribution is -0.119. The van der Waals surface area contributed by atoms with Crippen molar-refractivity contribution in [3.63, 3.8) is 0 Å². The summed E-state index contributed by atoms with van der Waals surface area (Å²) < 4.78 is 0. The van der Waals surface area contributed by atoms with E-state index < -0.39 is 0 Å². The Morgan fingerprint density at radius 2 is 2.31 bits per heavy atom. The largest absolute Gasteiger partial charge is 0.393 e. The van der Waals surface area contributed by atoms with Gasteiger partial charge in [-0.15, -0.1) is 0 Å². The van der Waals surface area contributed by atoms with Crippen LogP contribution in [0.2, 0.25) is 0 Å². The van der Waals surface area contributed by atoms with Crippen LogP contribution in [0.5, 0.6) is 0 Å². The van der Waals surface area contributed by atoms with Crippen molar-refractivity contribution < 1.29 is 9.90 Å². The first-order valence-corrected chi connectivity index (χ1v) is 4.81. The highest BCUT2D eigenvalue weighted by molar-refractivity contribution is 5.77. The Morgan fingerprint density at radius 1 is 1.54 bits per heavy atom. The van der Waals surface area contributed by atoms with E-state index in [0.717, 1.165) is 25.8 Å². The van der Waals surface area contributed by atoms with E-state index in [2.05, 4.69) is 10.6 Å². The van der Waals surface area contributed by atoms with Crippen LogP contribution in [0.4, 0.5) is 0 Å². The van der Waals surface area contributed by atoms with Crippen molar-refractivity contribution in [1.82, 2.24) is 10.6 Å². The number of rotatable bonds is 4. The standard InChI is InChI=1S/C9H18N2O2/c1-10-9(13)6-11-5-7-2-3-8(12)4-7/h7-8,11-12H,2-6H2,1H3,(H,10,13). The first-order chi connectivity index (χ1) is 6.22.